The first-order chi connectivity index (χ1) is 11.0. The molecule has 4 N–H and O–H groups in total. The fourth-order valence-electron chi connectivity index (χ4n) is 1.87. The van der Waals surface area contributed by atoms with Gasteiger partial charge in [-0.05, 0) is 29.8 Å². The van der Waals surface area contributed by atoms with Crippen LogP contribution in [0.1, 0.15) is 11.7 Å². The molecule has 0 aliphatic carbocycles. The van der Waals surface area contributed by atoms with Gasteiger partial charge in [0.25, 0.3) is 0 Å². The molecule has 2 rings (SSSR count). The summed E-state index contributed by atoms with van der Waals surface area (Å²) in [4.78, 5) is 4.05. The van der Waals surface area contributed by atoms with Crippen LogP contribution in [0.15, 0.2) is 59.6 Å². The van der Waals surface area contributed by atoms with E-state index in [0.717, 1.165) is 5.69 Å². The Balaban J connectivity index is 1.90. The zero-order chi connectivity index (χ0) is 16.7. The molecule has 0 spiro atoms. The predicted octanol–water partition coefficient (Wildman–Crippen LogP) is 2.75. The second-order valence-corrected chi connectivity index (χ2v) is 4.68. The lowest BCUT2D eigenvalue weighted by Gasteiger charge is -2.11. The largest absolute Gasteiger partial charge is 0.435 e. The van der Waals surface area contributed by atoms with Gasteiger partial charge in [0.2, 0.25) is 0 Å². The van der Waals surface area contributed by atoms with E-state index >= 15 is 0 Å². The van der Waals surface area contributed by atoms with Gasteiger partial charge in [0.1, 0.15) is 5.75 Å². The molecule has 0 fully saturated rings. The van der Waals surface area contributed by atoms with Crippen LogP contribution in [0.3, 0.4) is 0 Å². The van der Waals surface area contributed by atoms with E-state index in [1.165, 1.54) is 24.3 Å². The van der Waals surface area contributed by atoms with E-state index in [1.807, 2.05) is 30.3 Å². The monoisotopic (exact) mass is 321 g/mol. The Labute approximate surface area is 132 Å². The molecular formula is C16H17F2N3O2. The van der Waals surface area contributed by atoms with Gasteiger partial charge in [0.15, 0.2) is 5.96 Å². The number of benzene rings is 2. The third-order valence-corrected chi connectivity index (χ3v) is 2.97. The Bertz CT molecular complexity index is 634. The van der Waals surface area contributed by atoms with Crippen LogP contribution >= 0.6 is 0 Å². The highest BCUT2D eigenvalue weighted by atomic mass is 19.3. The summed E-state index contributed by atoms with van der Waals surface area (Å²) in [5.41, 5.74) is 7.05. The zero-order valence-corrected chi connectivity index (χ0v) is 12.2. The molecule has 2 aromatic carbocycles. The molecule has 1 atom stereocenters. The second-order valence-electron chi connectivity index (χ2n) is 4.68. The Hall–Kier alpha value is -2.67. The van der Waals surface area contributed by atoms with Crippen LogP contribution in [0.5, 0.6) is 5.75 Å². The number of nitrogens with zero attached hydrogens (tertiary/aromatic N) is 1. The number of anilines is 1. The summed E-state index contributed by atoms with van der Waals surface area (Å²) in [7, 11) is 0. The molecule has 0 amide bonds. The SMILES string of the molecule is NC(=NCC(O)c1ccc(OC(F)F)cc1)Nc1ccccc1. The minimum absolute atomic E-state index is 0.0321. The van der Waals surface area contributed by atoms with Gasteiger partial charge in [-0.3, -0.25) is 4.99 Å². The number of aliphatic imine (C=N–C) groups is 1. The van der Waals surface area contributed by atoms with E-state index < -0.39 is 12.7 Å². The third-order valence-electron chi connectivity index (χ3n) is 2.97. The Morgan fingerprint density at radius 2 is 1.78 bits per heavy atom. The standard InChI is InChI=1S/C16H17F2N3O2/c17-15(18)23-13-8-6-11(7-9-13)14(22)10-20-16(19)21-12-4-2-1-3-5-12/h1-9,14-15,22H,10H2,(H3,19,20,21). The minimum atomic E-state index is -2.88. The van der Waals surface area contributed by atoms with E-state index in [1.54, 1.807) is 0 Å². The van der Waals surface area contributed by atoms with Crippen molar-refractivity contribution in [1.29, 1.82) is 0 Å². The lowest BCUT2D eigenvalue weighted by Crippen LogP contribution is -2.23. The van der Waals surface area contributed by atoms with Crippen molar-refractivity contribution in [3.05, 3.63) is 60.2 Å². The highest BCUT2D eigenvalue weighted by molar-refractivity contribution is 5.92. The summed E-state index contributed by atoms with van der Waals surface area (Å²) in [6, 6.07) is 15.0. The highest BCUT2D eigenvalue weighted by Gasteiger charge is 2.09. The van der Waals surface area contributed by atoms with Crippen molar-refractivity contribution >= 4 is 11.6 Å². The molecule has 0 aliphatic rings. The van der Waals surface area contributed by atoms with Gasteiger partial charge in [-0.15, -0.1) is 0 Å². The average Bonchev–Trinajstić information content (AvgIpc) is 2.54. The summed E-state index contributed by atoms with van der Waals surface area (Å²) in [5, 5.41) is 12.9. The maximum atomic E-state index is 12.1. The number of hydrogen-bond acceptors (Lipinski definition) is 3. The Kier molecular flexibility index (Phi) is 5.87. The Morgan fingerprint density at radius 3 is 2.39 bits per heavy atom. The van der Waals surface area contributed by atoms with E-state index in [9.17, 15) is 13.9 Å². The summed E-state index contributed by atoms with van der Waals surface area (Å²) >= 11 is 0. The number of nitrogens with two attached hydrogens (primary N) is 1. The van der Waals surface area contributed by atoms with Crippen LogP contribution in [0.25, 0.3) is 0 Å². The normalized spacial score (nSPS) is 13.0. The molecule has 23 heavy (non-hydrogen) atoms. The van der Waals surface area contributed by atoms with Crippen LogP contribution in [-0.4, -0.2) is 24.2 Å². The number of halogens is 2. The van der Waals surface area contributed by atoms with Crippen LogP contribution < -0.4 is 15.8 Å². The zero-order valence-electron chi connectivity index (χ0n) is 12.2. The smallest absolute Gasteiger partial charge is 0.387 e. The van der Waals surface area contributed by atoms with Crippen molar-refractivity contribution in [2.24, 2.45) is 10.7 Å². The van der Waals surface area contributed by atoms with E-state index in [2.05, 4.69) is 15.0 Å². The molecule has 7 heteroatoms. The first-order valence-electron chi connectivity index (χ1n) is 6.89. The lowest BCUT2D eigenvalue weighted by atomic mass is 10.1. The second kappa shape index (κ2) is 8.09. The quantitative estimate of drug-likeness (QED) is 0.564. The van der Waals surface area contributed by atoms with Gasteiger partial charge in [0, 0.05) is 5.69 Å². The number of guanidine groups is 1. The molecule has 0 saturated carbocycles. The number of para-hydroxylation sites is 1. The number of rotatable bonds is 6. The van der Waals surface area contributed by atoms with Crippen molar-refractivity contribution in [3.8, 4) is 5.75 Å². The molecule has 0 bridgehead atoms. The van der Waals surface area contributed by atoms with Crippen molar-refractivity contribution in [1.82, 2.24) is 0 Å². The minimum Gasteiger partial charge on any atom is -0.435 e. The number of aliphatic hydroxyl groups excluding tert-OH is 1. The van der Waals surface area contributed by atoms with Crippen LogP contribution in [0.4, 0.5) is 14.5 Å². The summed E-state index contributed by atoms with van der Waals surface area (Å²) in [5.74, 6) is 0.206. The fourth-order valence-corrected chi connectivity index (χ4v) is 1.87. The number of nitrogens with one attached hydrogen (secondary N) is 1. The topological polar surface area (TPSA) is 79.9 Å². The number of alkyl halides is 2. The van der Waals surface area contributed by atoms with Crippen LogP contribution in [-0.2, 0) is 0 Å². The number of aliphatic hydroxyl groups is 1. The first-order valence-corrected chi connectivity index (χ1v) is 6.89. The van der Waals surface area contributed by atoms with Gasteiger partial charge in [-0.2, -0.15) is 8.78 Å². The maximum Gasteiger partial charge on any atom is 0.387 e. The van der Waals surface area contributed by atoms with Crippen LogP contribution in [0, 0.1) is 0 Å². The molecule has 0 heterocycles. The van der Waals surface area contributed by atoms with E-state index in [4.69, 9.17) is 5.73 Å². The van der Waals surface area contributed by atoms with E-state index in [0.29, 0.717) is 5.56 Å². The lowest BCUT2D eigenvalue weighted by molar-refractivity contribution is -0.0498. The Morgan fingerprint density at radius 1 is 1.13 bits per heavy atom. The average molecular weight is 321 g/mol. The molecule has 2 aromatic rings. The van der Waals surface area contributed by atoms with Crippen molar-refractivity contribution in [2.75, 3.05) is 11.9 Å². The fraction of sp³-hybridized carbons (Fsp3) is 0.188. The maximum absolute atomic E-state index is 12.1. The van der Waals surface area contributed by atoms with Gasteiger partial charge in [-0.1, -0.05) is 30.3 Å². The number of hydrogen-bond donors (Lipinski definition) is 3. The van der Waals surface area contributed by atoms with Crippen molar-refractivity contribution in [3.63, 3.8) is 0 Å². The predicted molar refractivity (Wildman–Crippen MR) is 84.6 cm³/mol. The summed E-state index contributed by atoms with van der Waals surface area (Å²) in [6.45, 7) is -2.83. The molecule has 122 valence electrons. The van der Waals surface area contributed by atoms with E-state index in [-0.39, 0.29) is 18.3 Å². The molecule has 0 radical (unpaired) electrons. The highest BCUT2D eigenvalue weighted by Crippen LogP contribution is 2.19. The van der Waals surface area contributed by atoms with Gasteiger partial charge >= 0.3 is 6.61 Å². The first kappa shape index (κ1) is 16.7. The summed E-state index contributed by atoms with van der Waals surface area (Å²) < 4.78 is 28.4. The van der Waals surface area contributed by atoms with Gasteiger partial charge in [0.05, 0.1) is 12.6 Å². The van der Waals surface area contributed by atoms with Crippen LogP contribution in [0.2, 0.25) is 0 Å². The molecular weight excluding hydrogens is 304 g/mol. The molecule has 0 aliphatic heterocycles. The van der Waals surface area contributed by atoms with Gasteiger partial charge in [-0.25, -0.2) is 0 Å². The molecule has 1 unspecified atom stereocenters. The van der Waals surface area contributed by atoms with Crippen molar-refractivity contribution < 1.29 is 18.6 Å². The molecule has 0 aromatic heterocycles. The summed E-state index contributed by atoms with van der Waals surface area (Å²) in [6.07, 6.45) is -0.897. The van der Waals surface area contributed by atoms with Gasteiger partial charge < -0.3 is 20.9 Å². The molecule has 5 nitrogen and oxygen atoms in total. The number of ether oxygens (including phenoxy) is 1. The third kappa shape index (κ3) is 5.55. The van der Waals surface area contributed by atoms with Crippen molar-refractivity contribution in [2.45, 2.75) is 12.7 Å². The molecule has 0 saturated heterocycles.